The van der Waals surface area contributed by atoms with E-state index in [0.717, 1.165) is 11.1 Å². The molecule has 8 nitrogen and oxygen atoms in total. The van der Waals surface area contributed by atoms with E-state index in [2.05, 4.69) is 21.4 Å². The summed E-state index contributed by atoms with van der Waals surface area (Å²) in [7, 11) is 0. The van der Waals surface area contributed by atoms with Crippen LogP contribution in [-0.2, 0) is 19.1 Å². The number of ether oxygens (including phenoxy) is 3. The highest BCUT2D eigenvalue weighted by molar-refractivity contribution is 9.10. The van der Waals surface area contributed by atoms with E-state index in [1.54, 1.807) is 25.1 Å². The van der Waals surface area contributed by atoms with E-state index in [4.69, 9.17) is 14.2 Å². The zero-order valence-corrected chi connectivity index (χ0v) is 20.4. The summed E-state index contributed by atoms with van der Waals surface area (Å²) < 4.78 is 16.6. The molecule has 2 aromatic carbocycles. The Morgan fingerprint density at radius 3 is 2.48 bits per heavy atom. The molecule has 0 spiro atoms. The molecule has 0 aromatic heterocycles. The molecule has 1 heterocycles. The second-order valence-electron chi connectivity index (χ2n) is 7.26. The van der Waals surface area contributed by atoms with Gasteiger partial charge in [-0.25, -0.2) is 9.80 Å². The van der Waals surface area contributed by atoms with Gasteiger partial charge in [0.1, 0.15) is 5.57 Å². The van der Waals surface area contributed by atoms with Crippen LogP contribution < -0.4 is 19.9 Å². The molecule has 33 heavy (non-hydrogen) atoms. The van der Waals surface area contributed by atoms with Crippen LogP contribution in [0.25, 0.3) is 6.08 Å². The van der Waals surface area contributed by atoms with Crippen molar-refractivity contribution in [2.24, 2.45) is 0 Å². The van der Waals surface area contributed by atoms with Crippen LogP contribution in [0, 0.1) is 13.8 Å². The first-order valence-electron chi connectivity index (χ1n) is 10.4. The number of nitrogens with one attached hydrogen (secondary N) is 1. The third-order valence-electron chi connectivity index (χ3n) is 4.92. The van der Waals surface area contributed by atoms with Crippen molar-refractivity contribution in [1.82, 2.24) is 5.43 Å². The average molecular weight is 517 g/mol. The van der Waals surface area contributed by atoms with Crippen molar-refractivity contribution >= 4 is 45.5 Å². The van der Waals surface area contributed by atoms with E-state index in [-0.39, 0.29) is 18.8 Å². The van der Waals surface area contributed by atoms with Crippen molar-refractivity contribution in [1.29, 1.82) is 0 Å². The molecule has 0 aliphatic carbocycles. The molecule has 9 heteroatoms. The number of hydrogen-bond donors (Lipinski definition) is 1. The number of esters is 1. The highest BCUT2D eigenvalue weighted by atomic mass is 79.9. The number of carbonyl (C=O) groups is 3. The number of hydrazine groups is 1. The number of hydrogen-bond acceptors (Lipinski definition) is 6. The lowest BCUT2D eigenvalue weighted by molar-refractivity contribution is -0.145. The quantitative estimate of drug-likeness (QED) is 0.325. The van der Waals surface area contributed by atoms with E-state index >= 15 is 0 Å². The molecule has 1 N–H and O–H groups in total. The summed E-state index contributed by atoms with van der Waals surface area (Å²) in [6.07, 6.45) is 1.49. The summed E-state index contributed by atoms with van der Waals surface area (Å²) in [6.45, 7) is 7.76. The Morgan fingerprint density at radius 1 is 1.06 bits per heavy atom. The second kappa shape index (κ2) is 10.5. The van der Waals surface area contributed by atoms with Gasteiger partial charge in [0.2, 0.25) is 0 Å². The lowest BCUT2D eigenvalue weighted by Gasteiger charge is -2.16. The van der Waals surface area contributed by atoms with E-state index in [1.807, 2.05) is 32.9 Å². The van der Waals surface area contributed by atoms with Gasteiger partial charge in [-0.2, -0.15) is 0 Å². The molecule has 1 aliphatic heterocycles. The number of nitrogens with zero attached hydrogens (tertiary/aromatic N) is 1. The summed E-state index contributed by atoms with van der Waals surface area (Å²) >= 11 is 3.42. The molecule has 2 aromatic rings. The number of anilines is 1. The predicted molar refractivity (Wildman–Crippen MR) is 127 cm³/mol. The number of carbonyl (C=O) groups excluding carboxylic acids is 3. The smallest absolute Gasteiger partial charge is 0.344 e. The molecule has 0 bridgehead atoms. The summed E-state index contributed by atoms with van der Waals surface area (Å²) in [5.74, 6) is -0.779. The molecule has 0 saturated carbocycles. The van der Waals surface area contributed by atoms with Gasteiger partial charge in [0.15, 0.2) is 18.1 Å². The zero-order valence-electron chi connectivity index (χ0n) is 18.9. The molecule has 0 atom stereocenters. The van der Waals surface area contributed by atoms with Crippen LogP contribution in [0.4, 0.5) is 5.69 Å². The van der Waals surface area contributed by atoms with Gasteiger partial charge >= 0.3 is 5.97 Å². The normalized spacial score (nSPS) is 14.5. The molecule has 174 valence electrons. The number of rotatable bonds is 8. The molecule has 1 saturated heterocycles. The minimum Gasteiger partial charge on any atom is -0.490 e. The molecular weight excluding hydrogens is 492 g/mol. The molecule has 0 unspecified atom stereocenters. The van der Waals surface area contributed by atoms with Crippen LogP contribution in [0.5, 0.6) is 11.5 Å². The monoisotopic (exact) mass is 516 g/mol. The van der Waals surface area contributed by atoms with E-state index in [0.29, 0.717) is 33.8 Å². The van der Waals surface area contributed by atoms with Crippen molar-refractivity contribution in [2.45, 2.75) is 27.7 Å². The van der Waals surface area contributed by atoms with Crippen LogP contribution in [-0.4, -0.2) is 37.6 Å². The Balaban J connectivity index is 1.89. The first-order valence-corrected chi connectivity index (χ1v) is 11.2. The fourth-order valence-electron chi connectivity index (χ4n) is 3.18. The number of amides is 2. The first kappa shape index (κ1) is 24.3. The SMILES string of the molecule is CCOC(=O)COc1c(Br)cc(C=C2C(=O)NN(c3ccc(C)c(C)c3)C2=O)cc1OCC. The highest BCUT2D eigenvalue weighted by Crippen LogP contribution is 2.38. The molecule has 1 aliphatic rings. The number of benzene rings is 2. The fourth-order valence-corrected chi connectivity index (χ4v) is 3.75. The fraction of sp³-hybridized carbons (Fsp3) is 0.292. The average Bonchev–Trinajstić information content (AvgIpc) is 3.04. The Morgan fingerprint density at radius 2 is 1.82 bits per heavy atom. The molecule has 1 fully saturated rings. The minimum atomic E-state index is -0.505. The molecule has 0 radical (unpaired) electrons. The Hall–Kier alpha value is -3.33. The van der Waals surface area contributed by atoms with Gasteiger partial charge in [-0.3, -0.25) is 15.0 Å². The maximum Gasteiger partial charge on any atom is 0.344 e. The first-order chi connectivity index (χ1) is 15.7. The second-order valence-corrected chi connectivity index (χ2v) is 8.12. The number of aryl methyl sites for hydroxylation is 2. The summed E-state index contributed by atoms with van der Waals surface area (Å²) in [5.41, 5.74) is 5.82. The van der Waals surface area contributed by atoms with E-state index < -0.39 is 17.8 Å². The van der Waals surface area contributed by atoms with Gasteiger partial charge in [0.25, 0.3) is 11.8 Å². The van der Waals surface area contributed by atoms with E-state index in [9.17, 15) is 14.4 Å². The maximum absolute atomic E-state index is 13.0. The summed E-state index contributed by atoms with van der Waals surface area (Å²) in [6, 6.07) is 8.83. The lowest BCUT2D eigenvalue weighted by Crippen LogP contribution is -2.35. The predicted octanol–water partition coefficient (Wildman–Crippen LogP) is 3.87. The van der Waals surface area contributed by atoms with Crippen LogP contribution in [0.2, 0.25) is 0 Å². The van der Waals surface area contributed by atoms with Crippen LogP contribution in [0.15, 0.2) is 40.4 Å². The van der Waals surface area contributed by atoms with Gasteiger partial charge in [-0.15, -0.1) is 0 Å². The highest BCUT2D eigenvalue weighted by Gasteiger charge is 2.34. The zero-order chi connectivity index (χ0) is 24.1. The van der Waals surface area contributed by atoms with Gasteiger partial charge in [0.05, 0.1) is 23.4 Å². The van der Waals surface area contributed by atoms with Crippen LogP contribution in [0.1, 0.15) is 30.5 Å². The maximum atomic E-state index is 13.0. The van der Waals surface area contributed by atoms with Gasteiger partial charge in [0, 0.05) is 0 Å². The van der Waals surface area contributed by atoms with Gasteiger partial charge in [-0.1, -0.05) is 6.07 Å². The van der Waals surface area contributed by atoms with Gasteiger partial charge in [-0.05, 0) is 90.7 Å². The Kier molecular flexibility index (Phi) is 7.75. The number of halogens is 1. The van der Waals surface area contributed by atoms with Crippen molar-refractivity contribution in [2.75, 3.05) is 24.8 Å². The third-order valence-corrected chi connectivity index (χ3v) is 5.51. The lowest BCUT2D eigenvalue weighted by atomic mass is 10.1. The molecule has 3 rings (SSSR count). The largest absolute Gasteiger partial charge is 0.490 e. The van der Waals surface area contributed by atoms with Crippen LogP contribution in [0.3, 0.4) is 0 Å². The Bertz CT molecular complexity index is 1130. The van der Waals surface area contributed by atoms with Crippen molar-refractivity contribution in [3.05, 3.63) is 57.1 Å². The molecular formula is C24H25BrN2O6. The summed E-state index contributed by atoms with van der Waals surface area (Å²) in [4.78, 5) is 37.2. The van der Waals surface area contributed by atoms with E-state index in [1.165, 1.54) is 11.1 Å². The third kappa shape index (κ3) is 5.54. The van der Waals surface area contributed by atoms with Crippen molar-refractivity contribution in [3.63, 3.8) is 0 Å². The topological polar surface area (TPSA) is 94.2 Å². The minimum absolute atomic E-state index is 0.0113. The molecule has 2 amide bonds. The Labute approximate surface area is 200 Å². The van der Waals surface area contributed by atoms with Crippen molar-refractivity contribution in [3.8, 4) is 11.5 Å². The standard InChI is InChI=1S/C24H25BrN2O6/c1-5-31-20-12-16(11-19(25)22(20)33-13-21(28)32-6-2)10-18-23(29)26-27(24(18)30)17-8-7-14(3)15(4)9-17/h7-12H,5-6,13H2,1-4H3,(H,26,29). The van der Waals surface area contributed by atoms with Crippen molar-refractivity contribution < 1.29 is 28.6 Å². The van der Waals surface area contributed by atoms with Gasteiger partial charge < -0.3 is 14.2 Å². The summed E-state index contributed by atoms with van der Waals surface area (Å²) in [5, 5.41) is 1.23. The van der Waals surface area contributed by atoms with Crippen LogP contribution >= 0.6 is 15.9 Å².